The summed E-state index contributed by atoms with van der Waals surface area (Å²) in [6, 6.07) is 42.8. The van der Waals surface area contributed by atoms with E-state index in [9.17, 15) is 107 Å². The van der Waals surface area contributed by atoms with Crippen LogP contribution in [0.15, 0.2) is 121 Å². The molecule has 4 rings (SSSR count). The van der Waals surface area contributed by atoms with Gasteiger partial charge in [0.1, 0.15) is 0 Å². The Kier molecular flexibility index (Phi) is 29.0. The molecule has 0 saturated carbocycles. The van der Waals surface area contributed by atoms with Gasteiger partial charge in [-0.3, -0.25) is 0 Å². The quantitative estimate of drug-likeness (QED) is 0.0974. The van der Waals surface area contributed by atoms with Gasteiger partial charge >= 0.3 is 112 Å². The maximum absolute atomic E-state index is 11.4. The third-order valence-electron chi connectivity index (χ3n) is 4.93. The van der Waals surface area contributed by atoms with Crippen molar-refractivity contribution in [2.45, 2.75) is 29.5 Å². The van der Waals surface area contributed by atoms with Crippen LogP contribution in [0.25, 0.3) is 8.25 Å². The number of hydrogen-bond donors (Lipinski definition) is 0. The second-order valence-corrected chi connectivity index (χ2v) is 24.0. The molecule has 0 bridgehead atoms. The molecule has 0 spiro atoms. The van der Waals surface area contributed by atoms with Gasteiger partial charge in [-0.25, -0.2) is 33.7 Å². The molecule has 4 aromatic rings. The topological polar surface area (TPSA) is 165 Å². The summed E-state index contributed by atoms with van der Waals surface area (Å²) in [5.41, 5.74) is -24.8. The number of hydrogen-bond acceptors (Lipinski definition) is 8. The smallest absolute Gasteiger partial charge is 1.00 e. The van der Waals surface area contributed by atoms with Gasteiger partial charge in [-0.1, -0.05) is 80.2 Å². The van der Waals surface area contributed by atoms with Gasteiger partial charge in [-0.2, -0.15) is 52.7 Å². The van der Waals surface area contributed by atoms with E-state index in [1.54, 1.807) is 0 Å². The Bertz CT molecular complexity index is 2100. The zero-order valence-electron chi connectivity index (χ0n) is 30.3. The second-order valence-electron chi connectivity index (χ2n) is 9.84. The molecule has 0 N–H and O–H groups in total. The Morgan fingerprint density at radius 2 is 0.477 bits per heavy atom. The first-order valence-electron chi connectivity index (χ1n) is 14.4. The Morgan fingerprint density at radius 1 is 0.354 bits per heavy atom. The van der Waals surface area contributed by atoms with Crippen LogP contribution in [0.1, 0.15) is 7.43 Å². The normalized spacial score (nSPS) is 12.8. The van der Waals surface area contributed by atoms with Crippen LogP contribution >= 0.6 is 8.16 Å². The Balaban J connectivity index is -0.000000361. The van der Waals surface area contributed by atoms with Crippen molar-refractivity contribution in [2.75, 3.05) is 0 Å². The molecule has 0 radical (unpaired) electrons. The van der Waals surface area contributed by atoms with Crippen LogP contribution in [0.3, 0.4) is 0 Å². The largest absolute Gasteiger partial charge is 1.00 e. The van der Waals surface area contributed by atoms with E-state index in [0.29, 0.717) is 0 Å². The molecule has 65 heavy (non-hydrogen) atoms. The number of rotatable bonds is 8. The zero-order valence-corrected chi connectivity index (χ0v) is 38.8. The molecule has 10 nitrogen and oxygen atoms in total. The molecule has 0 aliphatic carbocycles. The van der Waals surface area contributed by atoms with E-state index in [1.165, 1.54) is 14.3 Å². The fourth-order valence-electron chi connectivity index (χ4n) is 2.59. The standard InChI is InChI=1S/2C12H10I.2C2F6NO4S2.CH4.F5P.FH.Li/c2*1-3-7-11(8-4-1)13-12-9-5-2-6-10-12;2*3-1(4,5)14(10,11)9-15(12,13)2(6,7)8;;1-6(2,3,4)5;;/h2*1-10H;;;1H4;;1H;/q2*+1;2*-1;;;;+1/p-1. The number of benzene rings is 4. The minimum absolute atomic E-state index is 0. The minimum Gasteiger partial charge on any atom is -1.00 e. The van der Waals surface area contributed by atoms with Gasteiger partial charge in [0.2, 0.25) is 0 Å². The molecule has 0 aliphatic rings. The van der Waals surface area contributed by atoms with Gasteiger partial charge in [-0.05, 0) is 48.5 Å². The predicted molar refractivity (Wildman–Crippen MR) is 186 cm³/mol. The van der Waals surface area contributed by atoms with Gasteiger partial charge in [0.05, 0.1) is 0 Å². The Labute approximate surface area is 391 Å². The molecule has 0 aromatic heterocycles. The molecule has 368 valence electrons. The molecular formula is C29H24F18I2LiN2O8PS4. The molecule has 0 saturated heterocycles. The van der Waals surface area contributed by atoms with Crippen molar-refractivity contribution >= 4 is 48.3 Å². The van der Waals surface area contributed by atoms with Crippen LogP contribution in [-0.4, -0.2) is 55.7 Å². The average Bonchev–Trinajstić information content (AvgIpc) is 3.07. The summed E-state index contributed by atoms with van der Waals surface area (Å²) in [5, 5.41) is 0. The fourth-order valence-corrected chi connectivity index (χ4v) is 10.5. The van der Waals surface area contributed by atoms with E-state index in [0.717, 1.165) is 8.25 Å². The van der Waals surface area contributed by atoms with Crippen LogP contribution < -0.4 is 66.0 Å². The summed E-state index contributed by atoms with van der Waals surface area (Å²) >= 11 is 0.0574. The summed E-state index contributed by atoms with van der Waals surface area (Å²) in [6.07, 6.45) is 0. The number of alkyl halides is 12. The molecule has 0 amide bonds. The molecule has 4 aromatic carbocycles. The SMILES string of the molecule is C.FP(F)(F)(F)F.O=S(=O)([N-]S(=O)(=O)C(F)(F)F)C(F)(F)F.O=S(=O)([N-]S(=O)(=O)C(F)(F)F)C(F)(F)F.[F-].[Li+].c1ccc([I+]c2ccccc2)cc1.c1ccc([I+]c2ccccc2)cc1. The third kappa shape index (κ3) is 30.0. The van der Waals surface area contributed by atoms with Gasteiger partial charge in [-0.15, -0.1) is 0 Å². The number of sulfonamides is 4. The molecule has 0 heterocycles. The molecular weight excluding hydrogens is 1270 g/mol. The minimum atomic E-state index is -8.55. The van der Waals surface area contributed by atoms with Crippen LogP contribution in [0, 0.1) is 14.3 Å². The molecule has 0 unspecified atom stereocenters. The van der Waals surface area contributed by atoms with E-state index in [1.807, 2.05) is 0 Å². The fraction of sp³-hybridized carbons (Fsp3) is 0.172. The summed E-state index contributed by atoms with van der Waals surface area (Å²) in [7, 11) is -35.4. The van der Waals surface area contributed by atoms with Crippen LogP contribution in [0.4, 0.5) is 73.7 Å². The van der Waals surface area contributed by atoms with E-state index in [-0.39, 0.29) is 73.4 Å². The van der Waals surface area contributed by atoms with Gasteiger partial charge in [0.25, 0.3) is 0 Å². The van der Waals surface area contributed by atoms with Crippen molar-refractivity contribution in [1.82, 2.24) is 0 Å². The zero-order chi connectivity index (χ0) is 48.7. The first-order valence-corrected chi connectivity index (χ1v) is 26.2. The monoisotopic (exact) mass is 1290 g/mol. The first kappa shape index (κ1) is 69.4. The predicted octanol–water partition coefficient (Wildman–Crippen LogP) is -0.645. The summed E-state index contributed by atoms with van der Waals surface area (Å²) in [6.45, 7) is 0. The van der Waals surface area contributed by atoms with Gasteiger partial charge in [0.15, 0.2) is 54.4 Å². The third-order valence-corrected chi connectivity index (χ3v) is 15.8. The van der Waals surface area contributed by atoms with Gasteiger partial charge in [0, 0.05) is 0 Å². The number of nitrogens with zero attached hydrogens (tertiary/aromatic N) is 2. The van der Waals surface area contributed by atoms with Crippen molar-refractivity contribution in [1.29, 1.82) is 0 Å². The van der Waals surface area contributed by atoms with Crippen LogP contribution in [0.2, 0.25) is 0 Å². The Hall–Kier alpha value is -2.17. The molecule has 0 aliphatic heterocycles. The first-order chi connectivity index (χ1) is 27.5. The van der Waals surface area contributed by atoms with E-state index in [4.69, 9.17) is 0 Å². The molecule has 0 fully saturated rings. The van der Waals surface area contributed by atoms with Crippen molar-refractivity contribution < 1.29 is 173 Å². The van der Waals surface area contributed by atoms with E-state index in [2.05, 4.69) is 121 Å². The summed E-state index contributed by atoms with van der Waals surface area (Å²) in [4.78, 5) is 0. The number of halogens is 20. The maximum Gasteiger partial charge on any atom is 1.00 e. The van der Waals surface area contributed by atoms with Crippen molar-refractivity contribution in [3.05, 3.63) is 144 Å². The summed E-state index contributed by atoms with van der Waals surface area (Å²) < 4.78 is 273. The van der Waals surface area contributed by atoms with Crippen molar-refractivity contribution in [3.8, 4) is 0 Å². The van der Waals surface area contributed by atoms with E-state index >= 15 is 0 Å². The second kappa shape index (κ2) is 27.1. The van der Waals surface area contributed by atoms with Crippen molar-refractivity contribution in [2.24, 2.45) is 0 Å². The summed E-state index contributed by atoms with van der Waals surface area (Å²) in [5.74, 6) is 0. The average molecular weight is 1290 g/mol. The van der Waals surface area contributed by atoms with E-state index < -0.39 is 70.3 Å². The molecule has 0 atom stereocenters. The van der Waals surface area contributed by atoms with Crippen molar-refractivity contribution in [3.63, 3.8) is 0 Å². The molecule has 36 heteroatoms. The van der Waals surface area contributed by atoms with Crippen LogP contribution in [0.5, 0.6) is 0 Å². The maximum atomic E-state index is 11.4. The Morgan fingerprint density at radius 3 is 0.585 bits per heavy atom. The van der Waals surface area contributed by atoms with Crippen LogP contribution in [-0.2, 0) is 40.1 Å². The van der Waals surface area contributed by atoms with Gasteiger partial charge < -0.3 is 13.0 Å².